The molecule has 0 aromatic heterocycles. The Hall–Kier alpha value is -3.82. The Labute approximate surface area is 196 Å². The Morgan fingerprint density at radius 3 is 1.43 bits per heavy atom. The highest BCUT2D eigenvalue weighted by Crippen LogP contribution is 2.56. The fourth-order valence-electron chi connectivity index (χ4n) is 3.58. The standard InChI is InChI=1S/C25H18F6O4/c1-15-3-9-18(10-4-15)23(24(26,27)28,25(29,30)31)19-11-13-20(14-12-19)35-22(33)17-7-5-16(6-8-17)21(32)34-2/h3-14H,1-2H3. The van der Waals surface area contributed by atoms with E-state index in [9.17, 15) is 35.9 Å². The van der Waals surface area contributed by atoms with Crippen molar-refractivity contribution in [2.75, 3.05) is 7.11 Å². The van der Waals surface area contributed by atoms with Crippen LogP contribution in [0.15, 0.2) is 72.8 Å². The van der Waals surface area contributed by atoms with Crippen molar-refractivity contribution in [1.29, 1.82) is 0 Å². The fraction of sp³-hybridized carbons (Fsp3) is 0.200. The number of hydrogen-bond donors (Lipinski definition) is 0. The van der Waals surface area contributed by atoms with Crippen LogP contribution in [0.2, 0.25) is 0 Å². The van der Waals surface area contributed by atoms with Crippen molar-refractivity contribution >= 4 is 11.9 Å². The van der Waals surface area contributed by atoms with Crippen LogP contribution in [-0.2, 0) is 10.2 Å². The van der Waals surface area contributed by atoms with E-state index in [1.807, 2.05) is 0 Å². The van der Waals surface area contributed by atoms with E-state index >= 15 is 0 Å². The first kappa shape index (κ1) is 25.8. The van der Waals surface area contributed by atoms with E-state index in [1.54, 1.807) is 6.92 Å². The average Bonchev–Trinajstić information content (AvgIpc) is 2.79. The van der Waals surface area contributed by atoms with Crippen LogP contribution in [0.25, 0.3) is 0 Å². The van der Waals surface area contributed by atoms with Gasteiger partial charge >= 0.3 is 24.3 Å². The summed E-state index contributed by atoms with van der Waals surface area (Å²) in [4.78, 5) is 23.8. The minimum Gasteiger partial charge on any atom is -0.465 e. The summed E-state index contributed by atoms with van der Waals surface area (Å²) in [5.41, 5.74) is -5.70. The minimum absolute atomic E-state index is 0.00122. The Morgan fingerprint density at radius 2 is 1.03 bits per heavy atom. The van der Waals surface area contributed by atoms with Gasteiger partial charge in [-0.25, -0.2) is 9.59 Å². The van der Waals surface area contributed by atoms with Gasteiger partial charge in [0.25, 0.3) is 0 Å². The minimum atomic E-state index is -5.72. The maximum absolute atomic E-state index is 14.2. The SMILES string of the molecule is COC(=O)c1ccc(C(=O)Oc2ccc(C(c3ccc(C)cc3)(C(F)(F)F)C(F)(F)F)cc2)cc1. The molecular weight excluding hydrogens is 478 g/mol. The number of alkyl halides is 6. The zero-order valence-corrected chi connectivity index (χ0v) is 18.3. The summed E-state index contributed by atoms with van der Waals surface area (Å²) in [6, 6.07) is 12.0. The average molecular weight is 496 g/mol. The highest BCUT2D eigenvalue weighted by atomic mass is 19.4. The van der Waals surface area contributed by atoms with Crippen molar-refractivity contribution in [2.24, 2.45) is 0 Å². The Kier molecular flexibility index (Phi) is 6.96. The number of methoxy groups -OCH3 is 1. The number of rotatable bonds is 5. The lowest BCUT2D eigenvalue weighted by molar-refractivity contribution is -0.288. The van der Waals surface area contributed by atoms with E-state index in [4.69, 9.17) is 4.74 Å². The van der Waals surface area contributed by atoms with Crippen molar-refractivity contribution in [2.45, 2.75) is 24.7 Å². The number of benzene rings is 3. The molecule has 3 aromatic rings. The quantitative estimate of drug-likeness (QED) is 0.233. The molecular formula is C25H18F6O4. The second-order valence-electron chi connectivity index (χ2n) is 7.59. The maximum Gasteiger partial charge on any atom is 0.411 e. The largest absolute Gasteiger partial charge is 0.465 e. The molecule has 0 saturated heterocycles. The number of esters is 2. The van der Waals surface area contributed by atoms with Crippen LogP contribution < -0.4 is 4.74 Å². The summed E-state index contributed by atoms with van der Waals surface area (Å²) in [6.45, 7) is 1.54. The Morgan fingerprint density at radius 1 is 0.629 bits per heavy atom. The van der Waals surface area contributed by atoms with Crippen molar-refractivity contribution < 1.29 is 45.4 Å². The number of halogens is 6. The molecule has 4 nitrogen and oxygen atoms in total. The third-order valence-corrected chi connectivity index (χ3v) is 5.37. The topological polar surface area (TPSA) is 52.6 Å². The number of carbonyl (C=O) groups excluding carboxylic acids is 2. The molecule has 3 aromatic carbocycles. The summed E-state index contributed by atoms with van der Waals surface area (Å²) >= 11 is 0. The fourth-order valence-corrected chi connectivity index (χ4v) is 3.58. The van der Waals surface area contributed by atoms with Crippen LogP contribution in [-0.4, -0.2) is 31.4 Å². The van der Waals surface area contributed by atoms with Crippen LogP contribution in [0.4, 0.5) is 26.3 Å². The van der Waals surface area contributed by atoms with Gasteiger partial charge < -0.3 is 9.47 Å². The molecule has 0 unspecified atom stereocenters. The molecule has 35 heavy (non-hydrogen) atoms. The molecule has 0 N–H and O–H groups in total. The van der Waals surface area contributed by atoms with E-state index < -0.39 is 40.8 Å². The molecule has 3 rings (SSSR count). The van der Waals surface area contributed by atoms with Crippen LogP contribution in [0.1, 0.15) is 37.4 Å². The van der Waals surface area contributed by atoms with E-state index in [1.165, 1.54) is 43.5 Å². The van der Waals surface area contributed by atoms with Crippen molar-refractivity contribution in [3.8, 4) is 5.75 Å². The second-order valence-corrected chi connectivity index (χ2v) is 7.59. The summed E-state index contributed by atoms with van der Waals surface area (Å²) < 4.78 is 94.5. The van der Waals surface area contributed by atoms with E-state index in [-0.39, 0.29) is 16.9 Å². The highest BCUT2D eigenvalue weighted by molar-refractivity contribution is 5.94. The van der Waals surface area contributed by atoms with Gasteiger partial charge in [-0.05, 0) is 54.4 Å². The monoisotopic (exact) mass is 496 g/mol. The van der Waals surface area contributed by atoms with Gasteiger partial charge in [0.2, 0.25) is 5.41 Å². The molecule has 0 amide bonds. The van der Waals surface area contributed by atoms with Gasteiger partial charge in [0.15, 0.2) is 0 Å². The molecule has 0 fully saturated rings. The maximum atomic E-state index is 14.2. The summed E-state index contributed by atoms with van der Waals surface area (Å²) in [5.74, 6) is -1.82. The third kappa shape index (κ3) is 4.87. The Bertz CT molecular complexity index is 1180. The van der Waals surface area contributed by atoms with E-state index in [2.05, 4.69) is 4.74 Å². The van der Waals surface area contributed by atoms with Crippen molar-refractivity contribution in [3.63, 3.8) is 0 Å². The summed E-state index contributed by atoms with van der Waals surface area (Å²) in [5, 5.41) is 0. The molecule has 0 bridgehead atoms. The molecule has 0 saturated carbocycles. The normalized spacial score (nSPS) is 12.2. The van der Waals surface area contributed by atoms with Gasteiger partial charge in [-0.2, -0.15) is 26.3 Å². The van der Waals surface area contributed by atoms with Crippen LogP contribution in [0.5, 0.6) is 5.75 Å². The molecule has 0 aliphatic carbocycles. The van der Waals surface area contributed by atoms with Gasteiger partial charge in [-0.15, -0.1) is 0 Å². The molecule has 0 heterocycles. The predicted octanol–water partition coefficient (Wildman–Crippen LogP) is 6.41. The molecule has 184 valence electrons. The number of hydrogen-bond acceptors (Lipinski definition) is 4. The molecule has 0 spiro atoms. The van der Waals surface area contributed by atoms with Gasteiger partial charge in [-0.1, -0.05) is 42.0 Å². The third-order valence-electron chi connectivity index (χ3n) is 5.37. The lowest BCUT2D eigenvalue weighted by Gasteiger charge is -2.38. The van der Waals surface area contributed by atoms with Crippen LogP contribution in [0, 0.1) is 6.92 Å². The lowest BCUT2D eigenvalue weighted by Crippen LogP contribution is -2.54. The lowest BCUT2D eigenvalue weighted by atomic mass is 9.72. The zero-order valence-electron chi connectivity index (χ0n) is 18.3. The van der Waals surface area contributed by atoms with Gasteiger partial charge in [0.05, 0.1) is 18.2 Å². The first-order valence-corrected chi connectivity index (χ1v) is 10.0. The van der Waals surface area contributed by atoms with E-state index in [0.29, 0.717) is 17.7 Å². The van der Waals surface area contributed by atoms with Gasteiger partial charge in [0, 0.05) is 0 Å². The molecule has 0 atom stereocenters. The molecule has 0 aliphatic rings. The van der Waals surface area contributed by atoms with Crippen molar-refractivity contribution in [1.82, 2.24) is 0 Å². The Balaban J connectivity index is 1.96. The number of ether oxygens (including phenoxy) is 2. The molecule has 0 aliphatic heterocycles. The number of carbonyl (C=O) groups is 2. The number of aryl methyl sites for hydroxylation is 1. The summed E-state index contributed by atoms with van der Waals surface area (Å²) in [6.07, 6.45) is -11.4. The van der Waals surface area contributed by atoms with Crippen molar-refractivity contribution in [3.05, 3.63) is 101 Å². The smallest absolute Gasteiger partial charge is 0.411 e. The van der Waals surface area contributed by atoms with Gasteiger partial charge in [-0.3, -0.25) is 0 Å². The van der Waals surface area contributed by atoms with Gasteiger partial charge in [0.1, 0.15) is 5.75 Å². The second kappa shape index (κ2) is 9.44. The zero-order chi connectivity index (χ0) is 26.0. The van der Waals surface area contributed by atoms with E-state index in [0.717, 1.165) is 24.3 Å². The van der Waals surface area contributed by atoms with Crippen LogP contribution >= 0.6 is 0 Å². The highest BCUT2D eigenvalue weighted by Gasteiger charge is 2.72. The predicted molar refractivity (Wildman–Crippen MR) is 113 cm³/mol. The first-order chi connectivity index (χ1) is 16.3. The summed E-state index contributed by atoms with van der Waals surface area (Å²) in [7, 11) is 1.18. The molecule has 0 radical (unpaired) electrons. The first-order valence-electron chi connectivity index (χ1n) is 10.0. The van der Waals surface area contributed by atoms with Crippen LogP contribution in [0.3, 0.4) is 0 Å². The molecule has 10 heteroatoms.